The highest BCUT2D eigenvalue weighted by Crippen LogP contribution is 2.27. The molecule has 5 rings (SSSR count). The van der Waals surface area contributed by atoms with Gasteiger partial charge in [-0.15, -0.1) is 10.2 Å². The van der Waals surface area contributed by atoms with Gasteiger partial charge in [-0.3, -0.25) is 4.79 Å². The third-order valence-corrected chi connectivity index (χ3v) is 6.57. The van der Waals surface area contributed by atoms with Gasteiger partial charge in [0.25, 0.3) is 5.56 Å². The summed E-state index contributed by atoms with van der Waals surface area (Å²) in [6, 6.07) is 5.42. The standard InChI is InChI=1S/C19H22N8OS/c28-19-2-1-17(27-13-20-12-21-27)24-26(19)10-14-3-6-25(7-4-14)18-9-15-11-29-8-5-16(15)22-23-18/h1-2,9,12-14H,3-8,10-11H2. The Kier molecular flexibility index (Phi) is 5.01. The molecule has 0 N–H and O–H groups in total. The van der Waals surface area contributed by atoms with E-state index >= 15 is 0 Å². The first-order valence-electron chi connectivity index (χ1n) is 9.87. The molecular formula is C19H22N8OS. The molecule has 3 aromatic heterocycles. The molecule has 0 radical (unpaired) electrons. The second-order valence-electron chi connectivity index (χ2n) is 7.46. The molecule has 5 heterocycles. The summed E-state index contributed by atoms with van der Waals surface area (Å²) in [6.07, 6.45) is 6.04. The van der Waals surface area contributed by atoms with Crippen molar-refractivity contribution < 1.29 is 0 Å². The van der Waals surface area contributed by atoms with Crippen LogP contribution in [0.2, 0.25) is 0 Å². The molecule has 0 saturated carbocycles. The van der Waals surface area contributed by atoms with E-state index in [0.29, 0.717) is 18.3 Å². The number of piperidine rings is 1. The molecule has 9 nitrogen and oxygen atoms in total. The lowest BCUT2D eigenvalue weighted by atomic mass is 9.97. The maximum atomic E-state index is 12.3. The van der Waals surface area contributed by atoms with E-state index < -0.39 is 0 Å². The Labute approximate surface area is 172 Å². The van der Waals surface area contributed by atoms with Crippen LogP contribution in [0.1, 0.15) is 24.1 Å². The van der Waals surface area contributed by atoms with Crippen LogP contribution in [0.4, 0.5) is 5.82 Å². The lowest BCUT2D eigenvalue weighted by Gasteiger charge is -2.33. The summed E-state index contributed by atoms with van der Waals surface area (Å²) in [5, 5.41) is 17.5. The Balaban J connectivity index is 1.25. The van der Waals surface area contributed by atoms with Crippen LogP contribution in [0, 0.1) is 5.92 Å². The summed E-state index contributed by atoms with van der Waals surface area (Å²) in [5.41, 5.74) is 2.39. The van der Waals surface area contributed by atoms with Crippen molar-refractivity contribution >= 4 is 17.6 Å². The van der Waals surface area contributed by atoms with Crippen molar-refractivity contribution in [3.8, 4) is 5.82 Å². The third-order valence-electron chi connectivity index (χ3n) is 5.56. The molecule has 3 aromatic rings. The SMILES string of the molecule is O=c1ccc(-n2cncn2)nn1CC1CCN(c2cc3c(nn2)CCSC3)CC1. The van der Waals surface area contributed by atoms with Crippen LogP contribution in [-0.2, 0) is 18.7 Å². The maximum Gasteiger partial charge on any atom is 0.266 e. The highest BCUT2D eigenvalue weighted by molar-refractivity contribution is 7.98. The number of anilines is 1. The first kappa shape index (κ1) is 18.3. The number of rotatable bonds is 4. The van der Waals surface area contributed by atoms with Crippen molar-refractivity contribution in [2.75, 3.05) is 23.7 Å². The number of aromatic nitrogens is 7. The van der Waals surface area contributed by atoms with E-state index in [4.69, 9.17) is 0 Å². The number of fused-ring (bicyclic) bond motifs is 1. The van der Waals surface area contributed by atoms with Crippen LogP contribution in [0.25, 0.3) is 5.82 Å². The quantitative estimate of drug-likeness (QED) is 0.636. The highest BCUT2D eigenvalue weighted by Gasteiger charge is 2.23. The van der Waals surface area contributed by atoms with E-state index in [1.54, 1.807) is 27.8 Å². The zero-order valence-electron chi connectivity index (χ0n) is 16.0. The minimum Gasteiger partial charge on any atom is -0.355 e. The molecule has 1 saturated heterocycles. The smallest absolute Gasteiger partial charge is 0.266 e. The summed E-state index contributed by atoms with van der Waals surface area (Å²) in [6.45, 7) is 2.45. The van der Waals surface area contributed by atoms with Crippen molar-refractivity contribution in [2.45, 2.75) is 31.6 Å². The third kappa shape index (κ3) is 3.89. The fourth-order valence-corrected chi connectivity index (χ4v) is 4.84. The largest absolute Gasteiger partial charge is 0.355 e. The number of thioether (sulfide) groups is 1. The van der Waals surface area contributed by atoms with Crippen LogP contribution >= 0.6 is 11.8 Å². The van der Waals surface area contributed by atoms with Gasteiger partial charge in [-0.2, -0.15) is 22.0 Å². The van der Waals surface area contributed by atoms with Crippen molar-refractivity contribution in [2.24, 2.45) is 5.92 Å². The van der Waals surface area contributed by atoms with E-state index in [2.05, 4.69) is 36.3 Å². The van der Waals surface area contributed by atoms with Crippen LogP contribution in [0.5, 0.6) is 0 Å². The van der Waals surface area contributed by atoms with Crippen molar-refractivity contribution in [3.63, 3.8) is 0 Å². The van der Waals surface area contributed by atoms with Gasteiger partial charge in [0, 0.05) is 37.9 Å². The average Bonchev–Trinajstić information content (AvgIpc) is 3.30. The predicted octanol–water partition coefficient (Wildman–Crippen LogP) is 1.32. The molecule has 0 spiro atoms. The molecule has 2 aliphatic heterocycles. The van der Waals surface area contributed by atoms with Gasteiger partial charge in [0.1, 0.15) is 12.7 Å². The van der Waals surface area contributed by atoms with E-state index in [0.717, 1.165) is 55.4 Å². The number of aryl methyl sites for hydroxylation is 1. The Morgan fingerprint density at radius 2 is 2.03 bits per heavy atom. The normalized spacial score (nSPS) is 17.3. The first-order chi connectivity index (χ1) is 14.3. The van der Waals surface area contributed by atoms with Gasteiger partial charge in [-0.1, -0.05) is 0 Å². The zero-order chi connectivity index (χ0) is 19.6. The lowest BCUT2D eigenvalue weighted by molar-refractivity contribution is 0.333. The molecular weight excluding hydrogens is 388 g/mol. The van der Waals surface area contributed by atoms with Crippen molar-refractivity contribution in [1.29, 1.82) is 0 Å². The van der Waals surface area contributed by atoms with E-state index in [9.17, 15) is 4.79 Å². The van der Waals surface area contributed by atoms with Gasteiger partial charge in [0.05, 0.1) is 5.69 Å². The second kappa shape index (κ2) is 7.94. The minimum atomic E-state index is -0.0886. The maximum absolute atomic E-state index is 12.3. The van der Waals surface area contributed by atoms with Crippen LogP contribution < -0.4 is 10.5 Å². The van der Waals surface area contributed by atoms with Crippen LogP contribution in [0.3, 0.4) is 0 Å². The summed E-state index contributed by atoms with van der Waals surface area (Å²) in [7, 11) is 0. The molecule has 2 aliphatic rings. The summed E-state index contributed by atoms with van der Waals surface area (Å²) >= 11 is 1.96. The van der Waals surface area contributed by atoms with E-state index in [-0.39, 0.29) is 5.56 Å². The Morgan fingerprint density at radius 1 is 1.14 bits per heavy atom. The lowest BCUT2D eigenvalue weighted by Crippen LogP contribution is -2.37. The van der Waals surface area contributed by atoms with Gasteiger partial charge in [-0.05, 0) is 42.2 Å². The van der Waals surface area contributed by atoms with Gasteiger partial charge >= 0.3 is 0 Å². The van der Waals surface area contributed by atoms with Gasteiger partial charge in [0.15, 0.2) is 11.6 Å². The predicted molar refractivity (Wildman–Crippen MR) is 110 cm³/mol. The highest BCUT2D eigenvalue weighted by atomic mass is 32.2. The molecule has 0 bridgehead atoms. The van der Waals surface area contributed by atoms with Crippen LogP contribution in [-0.4, -0.2) is 53.6 Å². The Bertz CT molecular complexity index is 1040. The fraction of sp³-hybridized carbons (Fsp3) is 0.474. The Hall–Kier alpha value is -2.75. The summed E-state index contributed by atoms with van der Waals surface area (Å²) < 4.78 is 3.11. The molecule has 0 unspecified atom stereocenters. The second-order valence-corrected chi connectivity index (χ2v) is 8.56. The number of hydrogen-bond acceptors (Lipinski definition) is 8. The molecule has 150 valence electrons. The fourth-order valence-electron chi connectivity index (χ4n) is 3.89. The van der Waals surface area contributed by atoms with E-state index in [1.807, 2.05) is 11.8 Å². The molecule has 10 heteroatoms. The average molecular weight is 411 g/mol. The summed E-state index contributed by atoms with van der Waals surface area (Å²) in [4.78, 5) is 18.5. The molecule has 0 aliphatic carbocycles. The Morgan fingerprint density at radius 3 is 2.86 bits per heavy atom. The zero-order valence-corrected chi connectivity index (χ0v) is 16.8. The molecule has 1 fully saturated rings. The monoisotopic (exact) mass is 410 g/mol. The van der Waals surface area contributed by atoms with E-state index in [1.165, 1.54) is 11.9 Å². The minimum absolute atomic E-state index is 0.0886. The molecule has 0 atom stereocenters. The van der Waals surface area contributed by atoms with Crippen molar-refractivity contribution in [3.05, 3.63) is 52.5 Å². The molecule has 29 heavy (non-hydrogen) atoms. The number of nitrogens with zero attached hydrogens (tertiary/aromatic N) is 8. The van der Waals surface area contributed by atoms with Crippen molar-refractivity contribution in [1.82, 2.24) is 34.7 Å². The van der Waals surface area contributed by atoms with Gasteiger partial charge < -0.3 is 4.90 Å². The van der Waals surface area contributed by atoms with Gasteiger partial charge in [0.2, 0.25) is 0 Å². The number of hydrogen-bond donors (Lipinski definition) is 0. The molecule has 0 amide bonds. The first-order valence-corrected chi connectivity index (χ1v) is 11.0. The molecule has 0 aromatic carbocycles. The van der Waals surface area contributed by atoms with Gasteiger partial charge in [-0.25, -0.2) is 14.3 Å². The topological polar surface area (TPSA) is 94.6 Å². The summed E-state index contributed by atoms with van der Waals surface area (Å²) in [5.74, 6) is 4.15. The van der Waals surface area contributed by atoms with Crippen LogP contribution in [0.15, 0.2) is 35.6 Å².